The molecule has 0 aromatic heterocycles. The molecule has 0 aliphatic carbocycles. The summed E-state index contributed by atoms with van der Waals surface area (Å²) < 4.78 is 5.77. The number of Topliss-reactive ketones (excluding diaryl/α,β-unsaturated/α-hetero) is 1. The zero-order valence-electron chi connectivity index (χ0n) is 8.38. The van der Waals surface area contributed by atoms with Gasteiger partial charge in [0.25, 0.3) is 0 Å². The summed E-state index contributed by atoms with van der Waals surface area (Å²) in [7, 11) is 2.09. The average Bonchev–Trinajstić information content (AvgIpc) is 2.34. The Morgan fingerprint density at radius 3 is 2.54 bits per heavy atom. The minimum atomic E-state index is -0.397. The van der Waals surface area contributed by atoms with Crippen LogP contribution in [0.3, 0.4) is 0 Å². The van der Waals surface area contributed by atoms with Crippen LogP contribution in [0.5, 0.6) is 0 Å². The molecule has 3 nitrogen and oxygen atoms in total. The van der Waals surface area contributed by atoms with Crippen molar-refractivity contribution in [3.63, 3.8) is 0 Å². The summed E-state index contributed by atoms with van der Waals surface area (Å²) in [6.07, 6.45) is 2.51. The highest BCUT2D eigenvalue weighted by Gasteiger charge is 2.47. The Morgan fingerprint density at radius 1 is 1.46 bits per heavy atom. The smallest absolute Gasteiger partial charge is 0.167 e. The molecule has 2 fully saturated rings. The first-order chi connectivity index (χ1) is 6.12. The monoisotopic (exact) mass is 183 g/mol. The zero-order chi connectivity index (χ0) is 9.47. The highest BCUT2D eigenvalue weighted by molar-refractivity contribution is 5.89. The Balaban J connectivity index is 2.09. The normalized spacial score (nSPS) is 34.3. The van der Waals surface area contributed by atoms with Gasteiger partial charge in [0.2, 0.25) is 0 Å². The first-order valence-corrected chi connectivity index (χ1v) is 5.02. The van der Waals surface area contributed by atoms with Gasteiger partial charge in [0.15, 0.2) is 5.78 Å². The van der Waals surface area contributed by atoms with Gasteiger partial charge in [-0.1, -0.05) is 0 Å². The van der Waals surface area contributed by atoms with Crippen LogP contribution < -0.4 is 0 Å². The minimum absolute atomic E-state index is 0.135. The molecule has 74 valence electrons. The Morgan fingerprint density at radius 2 is 2.08 bits per heavy atom. The van der Waals surface area contributed by atoms with Gasteiger partial charge in [-0.05, 0) is 26.8 Å². The standard InChI is InChI=1S/C10H17NO2/c1-8-7-9(12)10(13-8)3-5-11(2)6-4-10/h8H,3-7H2,1-2H3. The molecule has 2 heterocycles. The van der Waals surface area contributed by atoms with Gasteiger partial charge in [-0.15, -0.1) is 0 Å². The Kier molecular flexibility index (Phi) is 2.16. The van der Waals surface area contributed by atoms with Crippen LogP contribution in [0.4, 0.5) is 0 Å². The fraction of sp³-hybridized carbons (Fsp3) is 0.900. The molecule has 3 heteroatoms. The molecule has 0 radical (unpaired) electrons. The van der Waals surface area contributed by atoms with Crippen LogP contribution in [-0.2, 0) is 9.53 Å². The van der Waals surface area contributed by atoms with Crippen molar-refractivity contribution in [3.05, 3.63) is 0 Å². The summed E-state index contributed by atoms with van der Waals surface area (Å²) in [5.74, 6) is 0.327. The molecule has 1 atom stereocenters. The van der Waals surface area contributed by atoms with E-state index < -0.39 is 5.60 Å². The lowest BCUT2D eigenvalue weighted by molar-refractivity contribution is -0.138. The molecule has 0 aromatic carbocycles. The molecule has 2 aliphatic rings. The number of carbonyl (C=O) groups is 1. The first kappa shape index (κ1) is 9.16. The number of nitrogens with zero attached hydrogens (tertiary/aromatic N) is 1. The van der Waals surface area contributed by atoms with Crippen LogP contribution >= 0.6 is 0 Å². The topological polar surface area (TPSA) is 29.5 Å². The third-order valence-electron chi connectivity index (χ3n) is 3.20. The van der Waals surface area contributed by atoms with Crippen molar-refractivity contribution in [2.45, 2.75) is 37.9 Å². The Labute approximate surface area is 79.0 Å². The molecule has 0 saturated carbocycles. The lowest BCUT2D eigenvalue weighted by Gasteiger charge is -2.35. The fourth-order valence-electron chi connectivity index (χ4n) is 2.32. The molecule has 2 saturated heterocycles. The van der Waals surface area contributed by atoms with E-state index in [1.165, 1.54) is 0 Å². The quantitative estimate of drug-likeness (QED) is 0.557. The number of likely N-dealkylation sites (tertiary alicyclic amines) is 1. The second-order valence-corrected chi connectivity index (χ2v) is 4.35. The third kappa shape index (κ3) is 1.51. The largest absolute Gasteiger partial charge is 0.364 e. The van der Waals surface area contributed by atoms with Crippen molar-refractivity contribution in [2.24, 2.45) is 0 Å². The van der Waals surface area contributed by atoms with Crippen LogP contribution in [0.25, 0.3) is 0 Å². The van der Waals surface area contributed by atoms with E-state index in [1.54, 1.807) is 0 Å². The molecule has 0 N–H and O–H groups in total. The van der Waals surface area contributed by atoms with Crippen molar-refractivity contribution >= 4 is 5.78 Å². The summed E-state index contributed by atoms with van der Waals surface area (Å²) in [4.78, 5) is 14.0. The number of hydrogen-bond donors (Lipinski definition) is 0. The van der Waals surface area contributed by atoms with Gasteiger partial charge in [-0.25, -0.2) is 0 Å². The van der Waals surface area contributed by atoms with E-state index in [0.717, 1.165) is 25.9 Å². The molecule has 1 unspecified atom stereocenters. The lowest BCUT2D eigenvalue weighted by atomic mass is 9.87. The van der Waals surface area contributed by atoms with Crippen molar-refractivity contribution < 1.29 is 9.53 Å². The molecule has 2 aliphatic heterocycles. The second kappa shape index (κ2) is 3.07. The number of rotatable bonds is 0. The molecule has 0 amide bonds. The van der Waals surface area contributed by atoms with Crippen molar-refractivity contribution in [2.75, 3.05) is 20.1 Å². The maximum atomic E-state index is 11.7. The molecule has 13 heavy (non-hydrogen) atoms. The van der Waals surface area contributed by atoms with Crippen LogP contribution in [0, 0.1) is 0 Å². The predicted molar refractivity (Wildman–Crippen MR) is 49.6 cm³/mol. The molecular formula is C10H17NO2. The number of piperidine rings is 1. The molecule has 2 rings (SSSR count). The first-order valence-electron chi connectivity index (χ1n) is 5.02. The van der Waals surface area contributed by atoms with Crippen LogP contribution in [0.2, 0.25) is 0 Å². The van der Waals surface area contributed by atoms with Crippen molar-refractivity contribution in [3.8, 4) is 0 Å². The number of hydrogen-bond acceptors (Lipinski definition) is 3. The van der Waals surface area contributed by atoms with Gasteiger partial charge in [0, 0.05) is 19.5 Å². The van der Waals surface area contributed by atoms with Gasteiger partial charge in [0.05, 0.1) is 6.10 Å². The zero-order valence-corrected chi connectivity index (χ0v) is 8.38. The SMILES string of the molecule is CC1CC(=O)C2(CCN(C)CC2)O1. The van der Waals surface area contributed by atoms with Gasteiger partial charge < -0.3 is 9.64 Å². The van der Waals surface area contributed by atoms with Crippen LogP contribution in [0.1, 0.15) is 26.2 Å². The minimum Gasteiger partial charge on any atom is -0.364 e. The number of ketones is 1. The van der Waals surface area contributed by atoms with Crippen LogP contribution in [0.15, 0.2) is 0 Å². The summed E-state index contributed by atoms with van der Waals surface area (Å²) >= 11 is 0. The summed E-state index contributed by atoms with van der Waals surface area (Å²) in [5, 5.41) is 0. The second-order valence-electron chi connectivity index (χ2n) is 4.35. The highest BCUT2D eigenvalue weighted by atomic mass is 16.5. The molecule has 0 bridgehead atoms. The van der Waals surface area contributed by atoms with E-state index in [9.17, 15) is 4.79 Å². The van der Waals surface area contributed by atoms with Gasteiger partial charge in [-0.2, -0.15) is 0 Å². The maximum Gasteiger partial charge on any atom is 0.167 e. The van der Waals surface area contributed by atoms with E-state index in [-0.39, 0.29) is 6.10 Å². The van der Waals surface area contributed by atoms with Crippen molar-refractivity contribution in [1.29, 1.82) is 0 Å². The van der Waals surface area contributed by atoms with Gasteiger partial charge >= 0.3 is 0 Å². The van der Waals surface area contributed by atoms with Crippen LogP contribution in [-0.4, -0.2) is 42.5 Å². The summed E-state index contributed by atoms with van der Waals surface area (Å²) in [6, 6.07) is 0. The third-order valence-corrected chi connectivity index (χ3v) is 3.20. The van der Waals surface area contributed by atoms with Crippen molar-refractivity contribution in [1.82, 2.24) is 4.90 Å². The molecule has 0 aromatic rings. The molecular weight excluding hydrogens is 166 g/mol. The molecule has 1 spiro atoms. The number of carbonyl (C=O) groups excluding carboxylic acids is 1. The highest BCUT2D eigenvalue weighted by Crippen LogP contribution is 2.35. The fourth-order valence-corrected chi connectivity index (χ4v) is 2.32. The Bertz CT molecular complexity index is 219. The maximum absolute atomic E-state index is 11.7. The van der Waals surface area contributed by atoms with Gasteiger partial charge in [0.1, 0.15) is 5.60 Å². The van der Waals surface area contributed by atoms with E-state index in [4.69, 9.17) is 4.74 Å². The predicted octanol–water partition coefficient (Wildman–Crippen LogP) is 0.829. The van der Waals surface area contributed by atoms with Gasteiger partial charge in [-0.3, -0.25) is 4.79 Å². The van der Waals surface area contributed by atoms with E-state index in [2.05, 4.69) is 11.9 Å². The average molecular weight is 183 g/mol. The Hall–Kier alpha value is -0.410. The number of ether oxygens (including phenoxy) is 1. The van der Waals surface area contributed by atoms with E-state index >= 15 is 0 Å². The lowest BCUT2D eigenvalue weighted by Crippen LogP contribution is -2.46. The summed E-state index contributed by atoms with van der Waals surface area (Å²) in [5.41, 5.74) is -0.397. The summed E-state index contributed by atoms with van der Waals surface area (Å²) in [6.45, 7) is 3.96. The van der Waals surface area contributed by atoms with E-state index in [1.807, 2.05) is 6.92 Å². The van der Waals surface area contributed by atoms with E-state index in [0.29, 0.717) is 12.2 Å².